The fourth-order valence-electron chi connectivity index (χ4n) is 2.66. The topological polar surface area (TPSA) is 29.5 Å². The van der Waals surface area contributed by atoms with Gasteiger partial charge >= 0.3 is 0 Å². The Morgan fingerprint density at radius 3 is 2.10 bits per heavy atom. The van der Waals surface area contributed by atoms with Crippen LogP contribution in [0.25, 0.3) is 0 Å². The summed E-state index contributed by atoms with van der Waals surface area (Å²) in [6, 6.07) is 12.3. The lowest BCUT2D eigenvalue weighted by molar-refractivity contribution is 0.195. The molecular formula is C19H24O2. The smallest absolute Gasteiger partial charge is 0.119 e. The molecule has 0 saturated heterocycles. The lowest BCUT2D eigenvalue weighted by Gasteiger charge is -2.13. The summed E-state index contributed by atoms with van der Waals surface area (Å²) in [6.45, 7) is 8.77. The van der Waals surface area contributed by atoms with Crippen LogP contribution in [-0.4, -0.2) is 11.2 Å². The van der Waals surface area contributed by atoms with Gasteiger partial charge in [-0.15, -0.1) is 0 Å². The first-order valence-electron chi connectivity index (χ1n) is 7.42. The van der Waals surface area contributed by atoms with E-state index in [9.17, 15) is 5.11 Å². The number of rotatable bonds is 5. The van der Waals surface area contributed by atoms with Gasteiger partial charge in [-0.1, -0.05) is 29.8 Å². The lowest BCUT2D eigenvalue weighted by atomic mass is 10.0. The highest BCUT2D eigenvalue weighted by Crippen LogP contribution is 2.20. The Kier molecular flexibility index (Phi) is 5.03. The third-order valence-electron chi connectivity index (χ3n) is 3.68. The number of ether oxygens (including phenoxy) is 1. The fraction of sp³-hybridized carbons (Fsp3) is 0.368. The number of benzene rings is 2. The molecule has 2 nitrogen and oxygen atoms in total. The molecule has 2 heteroatoms. The monoisotopic (exact) mass is 284 g/mol. The van der Waals surface area contributed by atoms with E-state index in [0.29, 0.717) is 13.0 Å². The Morgan fingerprint density at radius 1 is 1.00 bits per heavy atom. The Labute approximate surface area is 127 Å². The van der Waals surface area contributed by atoms with Crippen molar-refractivity contribution in [1.82, 2.24) is 0 Å². The van der Waals surface area contributed by atoms with Crippen molar-refractivity contribution in [2.24, 2.45) is 0 Å². The van der Waals surface area contributed by atoms with Gasteiger partial charge in [-0.3, -0.25) is 0 Å². The third-order valence-corrected chi connectivity index (χ3v) is 3.68. The minimum Gasteiger partial charge on any atom is -0.489 e. The Hall–Kier alpha value is -1.80. The molecule has 0 aliphatic heterocycles. The standard InChI is InChI=1S/C19H24O2/c1-13-9-14(2)19(15(3)10-13)12-21-18-7-5-17(6-8-18)11-16(4)20/h5-10,16,20H,11-12H2,1-4H3. The van der Waals surface area contributed by atoms with Gasteiger partial charge in [0.15, 0.2) is 0 Å². The number of aliphatic hydroxyl groups is 1. The average Bonchev–Trinajstić information content (AvgIpc) is 2.38. The molecular weight excluding hydrogens is 260 g/mol. The molecule has 2 aromatic rings. The average molecular weight is 284 g/mol. The predicted octanol–water partition coefficient (Wildman–Crippen LogP) is 4.11. The van der Waals surface area contributed by atoms with Gasteiger partial charge in [0.2, 0.25) is 0 Å². The summed E-state index contributed by atoms with van der Waals surface area (Å²) in [5.41, 5.74) is 6.22. The molecule has 1 atom stereocenters. The summed E-state index contributed by atoms with van der Waals surface area (Å²) < 4.78 is 5.89. The SMILES string of the molecule is Cc1cc(C)c(COc2ccc(CC(C)O)cc2)c(C)c1. The minimum absolute atomic E-state index is 0.311. The number of hydrogen-bond acceptors (Lipinski definition) is 2. The Balaban J connectivity index is 2.03. The van der Waals surface area contributed by atoms with Crippen LogP contribution in [0.3, 0.4) is 0 Å². The summed E-state index contributed by atoms with van der Waals surface area (Å²) in [5.74, 6) is 0.865. The molecule has 0 saturated carbocycles. The van der Waals surface area contributed by atoms with Crippen LogP contribution >= 0.6 is 0 Å². The normalized spacial score (nSPS) is 12.2. The highest BCUT2D eigenvalue weighted by atomic mass is 16.5. The molecule has 0 radical (unpaired) electrons. The van der Waals surface area contributed by atoms with Gasteiger partial charge < -0.3 is 9.84 Å². The second-order valence-corrected chi connectivity index (χ2v) is 5.86. The van der Waals surface area contributed by atoms with E-state index in [1.54, 1.807) is 6.92 Å². The minimum atomic E-state index is -0.311. The van der Waals surface area contributed by atoms with Crippen molar-refractivity contribution in [2.75, 3.05) is 0 Å². The molecule has 1 unspecified atom stereocenters. The van der Waals surface area contributed by atoms with E-state index in [2.05, 4.69) is 32.9 Å². The molecule has 0 aliphatic rings. The number of aryl methyl sites for hydroxylation is 3. The van der Waals surface area contributed by atoms with Gasteiger partial charge in [-0.2, -0.15) is 0 Å². The predicted molar refractivity (Wildman–Crippen MR) is 86.8 cm³/mol. The summed E-state index contributed by atoms with van der Waals surface area (Å²) in [6.07, 6.45) is 0.367. The van der Waals surface area contributed by atoms with Crippen molar-refractivity contribution in [2.45, 2.75) is 46.8 Å². The summed E-state index contributed by atoms with van der Waals surface area (Å²) in [5, 5.41) is 9.38. The molecule has 0 aliphatic carbocycles. The van der Waals surface area contributed by atoms with Crippen molar-refractivity contribution in [3.63, 3.8) is 0 Å². The van der Waals surface area contributed by atoms with E-state index < -0.39 is 0 Å². The molecule has 2 aromatic carbocycles. The zero-order chi connectivity index (χ0) is 15.4. The highest BCUT2D eigenvalue weighted by Gasteiger charge is 2.05. The van der Waals surface area contributed by atoms with E-state index in [4.69, 9.17) is 4.74 Å². The molecule has 2 rings (SSSR count). The first-order valence-corrected chi connectivity index (χ1v) is 7.42. The second kappa shape index (κ2) is 6.77. The van der Waals surface area contributed by atoms with Crippen LogP contribution in [0.4, 0.5) is 0 Å². The Bertz CT molecular complexity index is 574. The van der Waals surface area contributed by atoms with E-state index in [1.165, 1.54) is 22.3 Å². The van der Waals surface area contributed by atoms with Crippen molar-refractivity contribution in [1.29, 1.82) is 0 Å². The largest absolute Gasteiger partial charge is 0.489 e. The molecule has 0 bridgehead atoms. The van der Waals surface area contributed by atoms with Gasteiger partial charge in [0.1, 0.15) is 12.4 Å². The third kappa shape index (κ3) is 4.33. The zero-order valence-electron chi connectivity index (χ0n) is 13.3. The fourth-order valence-corrected chi connectivity index (χ4v) is 2.66. The summed E-state index contributed by atoms with van der Waals surface area (Å²) in [7, 11) is 0. The molecule has 0 spiro atoms. The summed E-state index contributed by atoms with van der Waals surface area (Å²) >= 11 is 0. The van der Waals surface area contributed by atoms with Crippen molar-refractivity contribution >= 4 is 0 Å². The van der Waals surface area contributed by atoms with Crippen LogP contribution in [-0.2, 0) is 13.0 Å². The lowest BCUT2D eigenvalue weighted by Crippen LogP contribution is -2.04. The maximum atomic E-state index is 9.38. The highest BCUT2D eigenvalue weighted by molar-refractivity contribution is 5.37. The molecule has 0 fully saturated rings. The molecule has 0 aromatic heterocycles. The molecule has 112 valence electrons. The van der Waals surface area contributed by atoms with Crippen LogP contribution in [0, 0.1) is 20.8 Å². The second-order valence-electron chi connectivity index (χ2n) is 5.86. The quantitative estimate of drug-likeness (QED) is 0.895. The van der Waals surface area contributed by atoms with Crippen LogP contribution in [0.5, 0.6) is 5.75 Å². The van der Waals surface area contributed by atoms with E-state index >= 15 is 0 Å². The van der Waals surface area contributed by atoms with Gasteiger partial charge in [-0.05, 0) is 68.5 Å². The number of aliphatic hydroxyl groups excluding tert-OH is 1. The van der Waals surface area contributed by atoms with Gasteiger partial charge in [0, 0.05) is 0 Å². The van der Waals surface area contributed by atoms with Gasteiger partial charge in [-0.25, -0.2) is 0 Å². The maximum absolute atomic E-state index is 9.38. The van der Waals surface area contributed by atoms with E-state index in [1.807, 2.05) is 24.3 Å². The Morgan fingerprint density at radius 2 is 1.57 bits per heavy atom. The molecule has 0 heterocycles. The molecule has 0 amide bonds. The van der Waals surface area contributed by atoms with Crippen LogP contribution in [0.2, 0.25) is 0 Å². The zero-order valence-corrected chi connectivity index (χ0v) is 13.3. The van der Waals surface area contributed by atoms with Crippen molar-refractivity contribution in [3.05, 3.63) is 64.2 Å². The van der Waals surface area contributed by atoms with Gasteiger partial charge in [0.25, 0.3) is 0 Å². The van der Waals surface area contributed by atoms with Crippen molar-refractivity contribution in [3.8, 4) is 5.75 Å². The maximum Gasteiger partial charge on any atom is 0.119 e. The van der Waals surface area contributed by atoms with E-state index in [-0.39, 0.29) is 6.10 Å². The van der Waals surface area contributed by atoms with Gasteiger partial charge in [0.05, 0.1) is 6.10 Å². The molecule has 1 N–H and O–H groups in total. The first-order chi connectivity index (χ1) is 9.95. The van der Waals surface area contributed by atoms with E-state index in [0.717, 1.165) is 11.3 Å². The first kappa shape index (κ1) is 15.6. The summed E-state index contributed by atoms with van der Waals surface area (Å²) in [4.78, 5) is 0. The van der Waals surface area contributed by atoms with Crippen molar-refractivity contribution < 1.29 is 9.84 Å². The van der Waals surface area contributed by atoms with Crippen LogP contribution in [0.1, 0.15) is 34.7 Å². The van der Waals surface area contributed by atoms with Crippen LogP contribution in [0.15, 0.2) is 36.4 Å². The number of hydrogen-bond donors (Lipinski definition) is 1. The molecule has 21 heavy (non-hydrogen) atoms. The van der Waals surface area contributed by atoms with Crippen LogP contribution < -0.4 is 4.74 Å².